The maximum Gasteiger partial charge on any atom is 0.251 e. The van der Waals surface area contributed by atoms with Gasteiger partial charge in [0.05, 0.1) is 17.1 Å². The summed E-state index contributed by atoms with van der Waals surface area (Å²) in [5.74, 6) is 1.17. The third-order valence-electron chi connectivity index (χ3n) is 4.67. The van der Waals surface area contributed by atoms with Gasteiger partial charge in [-0.15, -0.1) is 0 Å². The molecule has 0 radical (unpaired) electrons. The second-order valence-corrected chi connectivity index (χ2v) is 6.69. The molecule has 7 nitrogen and oxygen atoms in total. The van der Waals surface area contributed by atoms with E-state index in [1.165, 1.54) is 0 Å². The molecule has 1 unspecified atom stereocenters. The van der Waals surface area contributed by atoms with E-state index in [0.29, 0.717) is 18.1 Å². The molecule has 4 aromatic rings. The summed E-state index contributed by atoms with van der Waals surface area (Å²) in [6.45, 7) is 4.51. The van der Waals surface area contributed by atoms with Crippen molar-refractivity contribution in [1.29, 1.82) is 0 Å². The number of para-hydroxylation sites is 2. The first-order valence-corrected chi connectivity index (χ1v) is 9.56. The number of imidazole rings is 1. The molecule has 4 rings (SSSR count). The van der Waals surface area contributed by atoms with Crippen LogP contribution >= 0.6 is 0 Å². The number of nitrogens with one attached hydrogen (secondary N) is 2. The number of carbonyl (C=O) groups excluding carboxylic acids is 1. The molecule has 1 atom stereocenters. The summed E-state index contributed by atoms with van der Waals surface area (Å²) in [4.78, 5) is 25.5. The van der Waals surface area contributed by atoms with Gasteiger partial charge in [0.25, 0.3) is 5.91 Å². The van der Waals surface area contributed by atoms with Crippen molar-refractivity contribution >= 4 is 22.9 Å². The monoisotopic (exact) mass is 386 g/mol. The Morgan fingerprint density at radius 2 is 1.97 bits per heavy atom. The minimum Gasteiger partial charge on any atom is -0.352 e. The quantitative estimate of drug-likeness (QED) is 0.527. The second kappa shape index (κ2) is 8.10. The highest BCUT2D eigenvalue weighted by molar-refractivity contribution is 5.94. The Bertz CT molecular complexity index is 1150. The molecule has 29 heavy (non-hydrogen) atoms. The average Bonchev–Trinajstić information content (AvgIpc) is 3.18. The average molecular weight is 386 g/mol. The summed E-state index contributed by atoms with van der Waals surface area (Å²) < 4.78 is 1.93. The zero-order valence-corrected chi connectivity index (χ0v) is 16.3. The minimum atomic E-state index is -0.0771. The van der Waals surface area contributed by atoms with E-state index in [1.807, 2.05) is 73.0 Å². The Balaban J connectivity index is 1.57. The maximum atomic E-state index is 12.1. The van der Waals surface area contributed by atoms with E-state index >= 15 is 0 Å². The van der Waals surface area contributed by atoms with E-state index in [4.69, 9.17) is 0 Å². The number of anilines is 1. The van der Waals surface area contributed by atoms with E-state index in [-0.39, 0.29) is 11.9 Å². The number of nitrogens with zero attached hydrogens (tertiary/aromatic N) is 4. The van der Waals surface area contributed by atoms with Crippen LogP contribution < -0.4 is 10.6 Å². The van der Waals surface area contributed by atoms with Crippen molar-refractivity contribution in [2.45, 2.75) is 19.9 Å². The highest BCUT2D eigenvalue weighted by atomic mass is 16.1. The summed E-state index contributed by atoms with van der Waals surface area (Å²) in [7, 11) is 0. The second-order valence-electron chi connectivity index (χ2n) is 6.69. The lowest BCUT2D eigenvalue weighted by Crippen LogP contribution is -2.23. The van der Waals surface area contributed by atoms with Gasteiger partial charge in [0.1, 0.15) is 12.1 Å². The van der Waals surface area contributed by atoms with E-state index < -0.39 is 0 Å². The fourth-order valence-electron chi connectivity index (χ4n) is 3.18. The molecule has 2 N–H and O–H groups in total. The lowest BCUT2D eigenvalue weighted by atomic mass is 10.0. The minimum absolute atomic E-state index is 0.0702. The Kier molecular flexibility index (Phi) is 5.20. The standard InChI is InChI=1S/C22H22N6O/c1-3-23-21(29)17-8-6-7-16(13-17)15(2)26-22-24-12-11-20(27-22)28-14-25-18-9-4-5-10-19(18)28/h4-15H,3H2,1-2H3,(H,23,29)(H,24,26,27). The normalized spacial score (nSPS) is 11.9. The van der Waals surface area contributed by atoms with Crippen LogP contribution in [0.5, 0.6) is 0 Å². The maximum absolute atomic E-state index is 12.1. The molecule has 0 aliphatic carbocycles. The van der Waals surface area contributed by atoms with Gasteiger partial charge in [0, 0.05) is 18.3 Å². The molecule has 2 aromatic heterocycles. The summed E-state index contributed by atoms with van der Waals surface area (Å²) >= 11 is 0. The van der Waals surface area contributed by atoms with Crippen LogP contribution in [-0.2, 0) is 0 Å². The van der Waals surface area contributed by atoms with Crippen LogP contribution in [0.4, 0.5) is 5.95 Å². The zero-order chi connectivity index (χ0) is 20.2. The van der Waals surface area contributed by atoms with Gasteiger partial charge in [0.15, 0.2) is 0 Å². The number of hydrogen-bond acceptors (Lipinski definition) is 5. The van der Waals surface area contributed by atoms with Crippen LogP contribution in [-0.4, -0.2) is 32.0 Å². The third kappa shape index (κ3) is 3.94. The van der Waals surface area contributed by atoms with Gasteiger partial charge in [0.2, 0.25) is 5.95 Å². The smallest absolute Gasteiger partial charge is 0.251 e. The van der Waals surface area contributed by atoms with Crippen LogP contribution in [0.1, 0.15) is 35.8 Å². The van der Waals surface area contributed by atoms with Crippen molar-refractivity contribution in [3.63, 3.8) is 0 Å². The van der Waals surface area contributed by atoms with Gasteiger partial charge in [-0.3, -0.25) is 9.36 Å². The summed E-state index contributed by atoms with van der Waals surface area (Å²) in [5.41, 5.74) is 3.52. The summed E-state index contributed by atoms with van der Waals surface area (Å²) in [6, 6.07) is 17.2. The van der Waals surface area contributed by atoms with Crippen molar-refractivity contribution in [2.24, 2.45) is 0 Å². The van der Waals surface area contributed by atoms with Gasteiger partial charge >= 0.3 is 0 Å². The van der Waals surface area contributed by atoms with Crippen LogP contribution in [0, 0.1) is 0 Å². The number of hydrogen-bond donors (Lipinski definition) is 2. The SMILES string of the molecule is CCNC(=O)c1cccc(C(C)Nc2nccc(-n3cnc4ccccc43)n2)c1. The van der Waals surface area contributed by atoms with E-state index in [1.54, 1.807) is 12.5 Å². The van der Waals surface area contributed by atoms with Crippen molar-refractivity contribution in [3.05, 3.63) is 78.2 Å². The van der Waals surface area contributed by atoms with Crippen LogP contribution in [0.3, 0.4) is 0 Å². The first-order valence-electron chi connectivity index (χ1n) is 9.56. The van der Waals surface area contributed by atoms with Crippen LogP contribution in [0.2, 0.25) is 0 Å². The highest BCUT2D eigenvalue weighted by Crippen LogP contribution is 2.20. The number of amides is 1. The lowest BCUT2D eigenvalue weighted by Gasteiger charge is -2.16. The molecule has 0 saturated heterocycles. The van der Waals surface area contributed by atoms with E-state index in [2.05, 4.69) is 25.6 Å². The molecular formula is C22H22N6O. The molecule has 0 aliphatic rings. The van der Waals surface area contributed by atoms with Gasteiger partial charge in [-0.25, -0.2) is 9.97 Å². The summed E-state index contributed by atoms with van der Waals surface area (Å²) in [5, 5.41) is 6.14. The first kappa shape index (κ1) is 18.6. The molecule has 1 amide bonds. The van der Waals surface area contributed by atoms with Gasteiger partial charge in [-0.1, -0.05) is 24.3 Å². The Labute approximate surface area is 168 Å². The molecule has 7 heteroatoms. The van der Waals surface area contributed by atoms with E-state index in [9.17, 15) is 4.79 Å². The van der Waals surface area contributed by atoms with Crippen LogP contribution in [0.15, 0.2) is 67.1 Å². The number of rotatable bonds is 6. The highest BCUT2D eigenvalue weighted by Gasteiger charge is 2.12. The molecule has 0 saturated carbocycles. The third-order valence-corrected chi connectivity index (χ3v) is 4.67. The van der Waals surface area contributed by atoms with Gasteiger partial charge < -0.3 is 10.6 Å². The van der Waals surface area contributed by atoms with Crippen molar-refractivity contribution in [2.75, 3.05) is 11.9 Å². The Morgan fingerprint density at radius 1 is 1.10 bits per heavy atom. The summed E-state index contributed by atoms with van der Waals surface area (Å²) in [6.07, 6.45) is 3.48. The largest absolute Gasteiger partial charge is 0.352 e. The molecule has 0 spiro atoms. The number of fused-ring (bicyclic) bond motifs is 1. The number of carbonyl (C=O) groups is 1. The molecule has 146 valence electrons. The van der Waals surface area contributed by atoms with Crippen molar-refractivity contribution in [1.82, 2.24) is 24.8 Å². The zero-order valence-electron chi connectivity index (χ0n) is 16.3. The Hall–Kier alpha value is -3.74. The molecule has 0 fully saturated rings. The van der Waals surface area contributed by atoms with Gasteiger partial charge in [-0.05, 0) is 49.7 Å². The lowest BCUT2D eigenvalue weighted by molar-refractivity contribution is 0.0955. The molecule has 0 bridgehead atoms. The van der Waals surface area contributed by atoms with Crippen molar-refractivity contribution in [3.8, 4) is 5.82 Å². The van der Waals surface area contributed by atoms with Gasteiger partial charge in [-0.2, -0.15) is 4.98 Å². The molecule has 2 aromatic carbocycles. The predicted octanol–water partition coefficient (Wildman–Crippen LogP) is 3.74. The fourth-order valence-corrected chi connectivity index (χ4v) is 3.18. The molecule has 0 aliphatic heterocycles. The topological polar surface area (TPSA) is 84.7 Å². The molecule has 2 heterocycles. The fraction of sp³-hybridized carbons (Fsp3) is 0.182. The first-order chi connectivity index (χ1) is 14.2. The van der Waals surface area contributed by atoms with Crippen LogP contribution in [0.25, 0.3) is 16.9 Å². The number of aromatic nitrogens is 4. The Morgan fingerprint density at radius 3 is 2.83 bits per heavy atom. The van der Waals surface area contributed by atoms with Crippen molar-refractivity contribution < 1.29 is 4.79 Å². The molecular weight excluding hydrogens is 364 g/mol. The number of benzene rings is 2. The predicted molar refractivity (Wildman–Crippen MR) is 113 cm³/mol. The van der Waals surface area contributed by atoms with E-state index in [0.717, 1.165) is 22.4 Å².